The maximum Gasteiger partial charge on any atom is 0.227 e. The summed E-state index contributed by atoms with van der Waals surface area (Å²) in [6.45, 7) is 1.72. The van der Waals surface area contributed by atoms with Crippen LogP contribution < -0.4 is 0 Å². The van der Waals surface area contributed by atoms with Gasteiger partial charge in [0.25, 0.3) is 0 Å². The molecular formula is C18H24ClNO2. The molecule has 3 rings (SSSR count). The van der Waals surface area contributed by atoms with E-state index in [0.717, 1.165) is 31.5 Å². The first kappa shape index (κ1) is 15.8. The fraction of sp³-hybridized carbons (Fsp3) is 0.611. The van der Waals surface area contributed by atoms with Gasteiger partial charge >= 0.3 is 0 Å². The maximum atomic E-state index is 12.7. The van der Waals surface area contributed by atoms with Crippen LogP contribution in [-0.2, 0) is 16.0 Å². The van der Waals surface area contributed by atoms with Crippen molar-refractivity contribution in [2.75, 3.05) is 20.2 Å². The number of carbonyl (C=O) groups excluding carboxylic acids is 1. The molecule has 0 radical (unpaired) electrons. The summed E-state index contributed by atoms with van der Waals surface area (Å²) in [5.41, 5.74) is 1.18. The van der Waals surface area contributed by atoms with Crippen LogP contribution in [0.4, 0.5) is 0 Å². The van der Waals surface area contributed by atoms with Gasteiger partial charge in [0.2, 0.25) is 5.91 Å². The molecule has 2 fully saturated rings. The molecule has 0 unspecified atom stereocenters. The van der Waals surface area contributed by atoms with Crippen LogP contribution in [0.5, 0.6) is 0 Å². The van der Waals surface area contributed by atoms with E-state index in [1.165, 1.54) is 19.3 Å². The summed E-state index contributed by atoms with van der Waals surface area (Å²) in [6, 6.07) is 7.59. The van der Waals surface area contributed by atoms with Crippen molar-refractivity contribution < 1.29 is 9.53 Å². The first-order valence-electron chi connectivity index (χ1n) is 8.18. The molecule has 1 heterocycles. The van der Waals surface area contributed by atoms with E-state index >= 15 is 0 Å². The Kier molecular flexibility index (Phi) is 4.74. The van der Waals surface area contributed by atoms with Crippen molar-refractivity contribution in [3.63, 3.8) is 0 Å². The van der Waals surface area contributed by atoms with Gasteiger partial charge in [-0.3, -0.25) is 4.79 Å². The summed E-state index contributed by atoms with van der Waals surface area (Å²) in [6.07, 6.45) is 6.56. The molecular weight excluding hydrogens is 298 g/mol. The van der Waals surface area contributed by atoms with E-state index in [1.54, 1.807) is 0 Å². The van der Waals surface area contributed by atoms with Crippen LogP contribution in [0.2, 0.25) is 5.02 Å². The molecule has 1 aliphatic carbocycles. The van der Waals surface area contributed by atoms with E-state index in [4.69, 9.17) is 16.3 Å². The molecule has 2 atom stereocenters. The predicted molar refractivity (Wildman–Crippen MR) is 88.1 cm³/mol. The summed E-state index contributed by atoms with van der Waals surface area (Å²) in [7, 11) is 1.81. The lowest BCUT2D eigenvalue weighted by molar-refractivity contribution is -0.136. The third-order valence-electron chi connectivity index (χ3n) is 5.31. The van der Waals surface area contributed by atoms with Crippen molar-refractivity contribution in [3.05, 3.63) is 34.9 Å². The largest absolute Gasteiger partial charge is 0.381 e. The Balaban J connectivity index is 1.68. The fourth-order valence-electron chi connectivity index (χ4n) is 4.25. The lowest BCUT2D eigenvalue weighted by atomic mass is 9.76. The molecule has 1 saturated heterocycles. The van der Waals surface area contributed by atoms with Gasteiger partial charge in [-0.15, -0.1) is 0 Å². The molecule has 0 N–H and O–H groups in total. The maximum absolute atomic E-state index is 12.7. The third-order valence-corrected chi connectivity index (χ3v) is 5.55. The smallest absolute Gasteiger partial charge is 0.227 e. The van der Waals surface area contributed by atoms with Gasteiger partial charge in [0, 0.05) is 30.6 Å². The Morgan fingerprint density at radius 1 is 1.41 bits per heavy atom. The van der Waals surface area contributed by atoms with Crippen LogP contribution in [0.15, 0.2) is 24.3 Å². The number of likely N-dealkylation sites (tertiary alicyclic amines) is 1. The zero-order chi connectivity index (χ0) is 15.6. The number of rotatable bonds is 3. The van der Waals surface area contributed by atoms with Gasteiger partial charge in [0.05, 0.1) is 12.5 Å². The van der Waals surface area contributed by atoms with Gasteiger partial charge in [-0.2, -0.15) is 0 Å². The average molecular weight is 322 g/mol. The number of hydrogen-bond donors (Lipinski definition) is 0. The van der Waals surface area contributed by atoms with Crippen molar-refractivity contribution >= 4 is 17.5 Å². The van der Waals surface area contributed by atoms with Crippen LogP contribution in [0.25, 0.3) is 0 Å². The van der Waals surface area contributed by atoms with Crippen molar-refractivity contribution in [1.82, 2.24) is 4.90 Å². The van der Waals surface area contributed by atoms with E-state index in [1.807, 2.05) is 36.3 Å². The topological polar surface area (TPSA) is 29.5 Å². The van der Waals surface area contributed by atoms with Gasteiger partial charge in [-0.05, 0) is 43.4 Å². The van der Waals surface area contributed by atoms with E-state index in [-0.39, 0.29) is 11.3 Å². The Bertz CT molecular complexity index is 548. The number of hydrogen-bond acceptors (Lipinski definition) is 2. The SMILES string of the molecule is CO[C@@H]1CCC[C@@]12CCCN(C(=O)Cc1cccc(Cl)c1)C2. The minimum atomic E-state index is 0.191. The molecule has 2 aliphatic rings. The molecule has 120 valence electrons. The highest BCUT2D eigenvalue weighted by Gasteiger charge is 2.46. The number of methoxy groups -OCH3 is 1. The first-order valence-corrected chi connectivity index (χ1v) is 8.56. The third kappa shape index (κ3) is 3.16. The Morgan fingerprint density at radius 2 is 2.23 bits per heavy atom. The molecule has 22 heavy (non-hydrogen) atoms. The van der Waals surface area contributed by atoms with Gasteiger partial charge in [-0.1, -0.05) is 30.2 Å². The Hall–Kier alpha value is -1.06. The minimum absolute atomic E-state index is 0.191. The van der Waals surface area contributed by atoms with Crippen LogP contribution >= 0.6 is 11.6 Å². The molecule has 1 spiro atoms. The summed E-state index contributed by atoms with van der Waals surface area (Å²) >= 11 is 6.01. The molecule has 0 aromatic heterocycles. The summed E-state index contributed by atoms with van der Waals surface area (Å²) in [5, 5.41) is 0.690. The minimum Gasteiger partial charge on any atom is -0.381 e. The Morgan fingerprint density at radius 3 is 3.00 bits per heavy atom. The van der Waals surface area contributed by atoms with E-state index in [2.05, 4.69) is 0 Å². The second-order valence-corrected chi connectivity index (χ2v) is 7.14. The van der Waals surface area contributed by atoms with Crippen molar-refractivity contribution in [2.24, 2.45) is 5.41 Å². The van der Waals surface area contributed by atoms with Crippen LogP contribution in [-0.4, -0.2) is 37.1 Å². The number of halogens is 1. The molecule has 4 heteroatoms. The molecule has 1 aromatic carbocycles. The fourth-order valence-corrected chi connectivity index (χ4v) is 4.46. The lowest BCUT2D eigenvalue weighted by Gasteiger charge is -2.43. The van der Waals surface area contributed by atoms with Gasteiger partial charge in [-0.25, -0.2) is 0 Å². The zero-order valence-electron chi connectivity index (χ0n) is 13.2. The van der Waals surface area contributed by atoms with E-state index in [9.17, 15) is 4.79 Å². The van der Waals surface area contributed by atoms with Crippen LogP contribution in [0, 0.1) is 5.41 Å². The number of piperidine rings is 1. The highest BCUT2D eigenvalue weighted by Crippen LogP contribution is 2.46. The molecule has 1 saturated carbocycles. The quantitative estimate of drug-likeness (QED) is 0.849. The van der Waals surface area contributed by atoms with Crippen molar-refractivity contribution in [2.45, 2.75) is 44.6 Å². The monoisotopic (exact) mass is 321 g/mol. The molecule has 1 aliphatic heterocycles. The molecule has 1 amide bonds. The number of amides is 1. The Labute approximate surface area is 137 Å². The lowest BCUT2D eigenvalue weighted by Crippen LogP contribution is -2.50. The molecule has 3 nitrogen and oxygen atoms in total. The second-order valence-electron chi connectivity index (χ2n) is 6.70. The van der Waals surface area contributed by atoms with Gasteiger partial charge in [0.15, 0.2) is 0 Å². The average Bonchev–Trinajstić information content (AvgIpc) is 2.89. The van der Waals surface area contributed by atoms with Gasteiger partial charge < -0.3 is 9.64 Å². The normalized spacial score (nSPS) is 28.3. The number of nitrogens with zero attached hydrogens (tertiary/aromatic N) is 1. The van der Waals surface area contributed by atoms with Crippen LogP contribution in [0.3, 0.4) is 0 Å². The molecule has 1 aromatic rings. The summed E-state index contributed by atoms with van der Waals surface area (Å²) in [5.74, 6) is 0.211. The molecule has 0 bridgehead atoms. The summed E-state index contributed by atoms with van der Waals surface area (Å²) in [4.78, 5) is 14.7. The van der Waals surface area contributed by atoms with Crippen molar-refractivity contribution in [3.8, 4) is 0 Å². The summed E-state index contributed by atoms with van der Waals surface area (Å²) < 4.78 is 5.71. The first-order chi connectivity index (χ1) is 10.6. The zero-order valence-corrected chi connectivity index (χ0v) is 13.9. The number of carbonyl (C=O) groups is 1. The standard InChI is InChI=1S/C18H24ClNO2/c1-22-16-7-3-8-18(16)9-4-10-20(13-18)17(21)12-14-5-2-6-15(19)11-14/h2,5-6,11,16H,3-4,7-10,12-13H2,1H3/t16-,18+/m1/s1. The van der Waals surface area contributed by atoms with E-state index < -0.39 is 0 Å². The van der Waals surface area contributed by atoms with Crippen molar-refractivity contribution in [1.29, 1.82) is 0 Å². The van der Waals surface area contributed by atoms with Crippen LogP contribution in [0.1, 0.15) is 37.7 Å². The second kappa shape index (κ2) is 6.59. The van der Waals surface area contributed by atoms with Gasteiger partial charge in [0.1, 0.15) is 0 Å². The van der Waals surface area contributed by atoms with E-state index in [0.29, 0.717) is 17.5 Å². The highest BCUT2D eigenvalue weighted by molar-refractivity contribution is 6.30. The number of ether oxygens (including phenoxy) is 1. The highest BCUT2D eigenvalue weighted by atomic mass is 35.5. The predicted octanol–water partition coefficient (Wildman–Crippen LogP) is 3.69. The number of benzene rings is 1.